The molecule has 1 atom stereocenters. The SMILES string of the molecule is CN(C(=O)c1c2c(cc3c1OCC3)OCC2)C1CCS(=O)(=O)C1. The first-order valence-electron chi connectivity index (χ1n) is 7.88. The zero-order valence-electron chi connectivity index (χ0n) is 13.0. The van der Waals surface area contributed by atoms with Gasteiger partial charge >= 0.3 is 0 Å². The lowest BCUT2D eigenvalue weighted by atomic mass is 9.98. The van der Waals surface area contributed by atoms with Gasteiger partial charge in [0.2, 0.25) is 0 Å². The fourth-order valence-corrected chi connectivity index (χ4v) is 5.41. The van der Waals surface area contributed by atoms with Crippen molar-refractivity contribution in [3.63, 3.8) is 0 Å². The van der Waals surface area contributed by atoms with Gasteiger partial charge in [0.15, 0.2) is 9.84 Å². The lowest BCUT2D eigenvalue weighted by Gasteiger charge is -2.25. The molecule has 1 unspecified atom stereocenters. The van der Waals surface area contributed by atoms with E-state index in [2.05, 4.69) is 0 Å². The topological polar surface area (TPSA) is 72.9 Å². The van der Waals surface area contributed by atoms with Crippen LogP contribution >= 0.6 is 0 Å². The van der Waals surface area contributed by atoms with Gasteiger partial charge in [-0.3, -0.25) is 4.79 Å². The lowest BCUT2D eigenvalue weighted by molar-refractivity contribution is 0.0743. The van der Waals surface area contributed by atoms with Crippen LogP contribution in [0.2, 0.25) is 0 Å². The highest BCUT2D eigenvalue weighted by Crippen LogP contribution is 2.41. The smallest absolute Gasteiger partial charge is 0.258 e. The summed E-state index contributed by atoms with van der Waals surface area (Å²) in [6.07, 6.45) is 1.96. The molecule has 1 aromatic carbocycles. The number of ether oxygens (including phenoxy) is 2. The molecule has 0 spiro atoms. The van der Waals surface area contributed by atoms with Gasteiger partial charge in [-0.25, -0.2) is 8.42 Å². The Morgan fingerprint density at radius 3 is 2.78 bits per heavy atom. The minimum Gasteiger partial charge on any atom is -0.493 e. The van der Waals surface area contributed by atoms with Gasteiger partial charge in [-0.2, -0.15) is 0 Å². The summed E-state index contributed by atoms with van der Waals surface area (Å²) in [5, 5.41) is 0. The first-order valence-corrected chi connectivity index (χ1v) is 9.70. The van der Waals surface area contributed by atoms with Crippen LogP contribution in [-0.2, 0) is 22.7 Å². The van der Waals surface area contributed by atoms with Crippen molar-refractivity contribution in [1.82, 2.24) is 4.90 Å². The third kappa shape index (κ3) is 2.38. The van der Waals surface area contributed by atoms with E-state index >= 15 is 0 Å². The molecule has 0 saturated carbocycles. The molecule has 3 aliphatic rings. The van der Waals surface area contributed by atoms with Crippen molar-refractivity contribution in [3.8, 4) is 11.5 Å². The van der Waals surface area contributed by atoms with Gasteiger partial charge in [-0.15, -0.1) is 0 Å². The highest BCUT2D eigenvalue weighted by atomic mass is 32.2. The number of carbonyl (C=O) groups is 1. The van der Waals surface area contributed by atoms with Gasteiger partial charge in [0.25, 0.3) is 5.91 Å². The molecular weight excluding hydrogens is 318 g/mol. The molecule has 0 aliphatic carbocycles. The number of hydrogen-bond acceptors (Lipinski definition) is 5. The number of amides is 1. The molecule has 1 saturated heterocycles. The van der Waals surface area contributed by atoms with E-state index in [0.29, 0.717) is 37.4 Å². The Labute approximate surface area is 135 Å². The molecule has 0 N–H and O–H groups in total. The lowest BCUT2D eigenvalue weighted by Crippen LogP contribution is -2.38. The highest BCUT2D eigenvalue weighted by Gasteiger charge is 2.37. The van der Waals surface area contributed by atoms with Gasteiger partial charge in [0.1, 0.15) is 11.5 Å². The molecule has 4 rings (SSSR count). The van der Waals surface area contributed by atoms with Crippen LogP contribution in [0.1, 0.15) is 27.9 Å². The highest BCUT2D eigenvalue weighted by molar-refractivity contribution is 7.91. The standard InChI is InChI=1S/C16H19NO5S/c1-17(11-4-7-23(19,20)9-11)16(18)14-12-3-6-21-13(12)8-10-2-5-22-15(10)14/h8,11H,2-7,9H2,1H3. The second-order valence-electron chi connectivity index (χ2n) is 6.39. The molecular formula is C16H19NO5S. The molecule has 0 radical (unpaired) electrons. The number of carbonyl (C=O) groups excluding carboxylic acids is 1. The average Bonchev–Trinajstić information content (AvgIpc) is 3.21. The van der Waals surface area contributed by atoms with E-state index in [1.165, 1.54) is 0 Å². The molecule has 1 amide bonds. The fraction of sp³-hybridized carbons (Fsp3) is 0.562. The van der Waals surface area contributed by atoms with E-state index in [0.717, 1.165) is 23.3 Å². The van der Waals surface area contributed by atoms with E-state index in [-0.39, 0.29) is 23.5 Å². The monoisotopic (exact) mass is 337 g/mol. The van der Waals surface area contributed by atoms with Gasteiger partial charge in [-0.05, 0) is 12.5 Å². The molecule has 7 heteroatoms. The number of benzene rings is 1. The molecule has 124 valence electrons. The van der Waals surface area contributed by atoms with Gasteiger partial charge in [0, 0.05) is 37.1 Å². The van der Waals surface area contributed by atoms with E-state index in [9.17, 15) is 13.2 Å². The number of sulfone groups is 1. The Morgan fingerprint density at radius 2 is 2.04 bits per heavy atom. The molecule has 0 bridgehead atoms. The Kier molecular flexibility index (Phi) is 3.30. The minimum absolute atomic E-state index is 0.0454. The van der Waals surface area contributed by atoms with E-state index in [4.69, 9.17) is 9.47 Å². The van der Waals surface area contributed by atoms with Crippen LogP contribution in [0.15, 0.2) is 6.07 Å². The molecule has 6 nitrogen and oxygen atoms in total. The summed E-state index contributed by atoms with van der Waals surface area (Å²) in [6, 6.07) is 1.71. The summed E-state index contributed by atoms with van der Waals surface area (Å²) in [4.78, 5) is 14.6. The van der Waals surface area contributed by atoms with Crippen LogP contribution in [-0.4, -0.2) is 57.0 Å². The Morgan fingerprint density at radius 1 is 1.26 bits per heavy atom. The first kappa shape index (κ1) is 14.8. The van der Waals surface area contributed by atoms with Gasteiger partial charge in [-0.1, -0.05) is 0 Å². The first-order chi connectivity index (χ1) is 11.0. The van der Waals surface area contributed by atoms with Crippen molar-refractivity contribution in [2.75, 3.05) is 31.8 Å². The normalized spacial score (nSPS) is 23.8. The van der Waals surface area contributed by atoms with Crippen molar-refractivity contribution in [2.24, 2.45) is 0 Å². The quantitative estimate of drug-likeness (QED) is 0.799. The maximum absolute atomic E-state index is 13.1. The number of rotatable bonds is 2. The predicted octanol–water partition coefficient (Wildman–Crippen LogP) is 0.815. The molecule has 1 aromatic rings. The summed E-state index contributed by atoms with van der Waals surface area (Å²) in [5.74, 6) is 1.47. The molecule has 3 aliphatic heterocycles. The third-order valence-corrected chi connectivity index (χ3v) is 6.69. The van der Waals surface area contributed by atoms with Crippen LogP contribution in [0.5, 0.6) is 11.5 Å². The third-order valence-electron chi connectivity index (χ3n) is 4.94. The van der Waals surface area contributed by atoms with Crippen molar-refractivity contribution >= 4 is 15.7 Å². The van der Waals surface area contributed by atoms with Gasteiger partial charge in [0.05, 0.1) is 30.3 Å². The van der Waals surface area contributed by atoms with Crippen LogP contribution in [0, 0.1) is 0 Å². The van der Waals surface area contributed by atoms with Crippen LogP contribution < -0.4 is 9.47 Å². The fourth-order valence-electron chi connectivity index (χ4n) is 3.63. The largest absolute Gasteiger partial charge is 0.493 e. The van der Waals surface area contributed by atoms with Gasteiger partial charge < -0.3 is 14.4 Å². The number of nitrogens with zero attached hydrogens (tertiary/aromatic N) is 1. The Hall–Kier alpha value is -1.76. The Balaban J connectivity index is 1.72. The average molecular weight is 337 g/mol. The number of fused-ring (bicyclic) bond motifs is 2. The molecule has 0 aromatic heterocycles. The van der Waals surface area contributed by atoms with Crippen molar-refractivity contribution in [1.29, 1.82) is 0 Å². The van der Waals surface area contributed by atoms with E-state index in [1.807, 2.05) is 6.07 Å². The predicted molar refractivity (Wildman–Crippen MR) is 84.0 cm³/mol. The zero-order chi connectivity index (χ0) is 16.2. The summed E-state index contributed by atoms with van der Waals surface area (Å²) < 4.78 is 34.7. The number of hydrogen-bond donors (Lipinski definition) is 0. The van der Waals surface area contributed by atoms with Crippen molar-refractivity contribution in [3.05, 3.63) is 22.8 Å². The zero-order valence-corrected chi connectivity index (χ0v) is 13.8. The van der Waals surface area contributed by atoms with Crippen LogP contribution in [0.3, 0.4) is 0 Å². The van der Waals surface area contributed by atoms with E-state index in [1.54, 1.807) is 11.9 Å². The maximum atomic E-state index is 13.1. The second kappa shape index (κ2) is 5.12. The molecule has 3 heterocycles. The van der Waals surface area contributed by atoms with E-state index < -0.39 is 9.84 Å². The summed E-state index contributed by atoms with van der Waals surface area (Å²) in [5.41, 5.74) is 2.46. The maximum Gasteiger partial charge on any atom is 0.258 e. The van der Waals surface area contributed by atoms with Crippen molar-refractivity contribution in [2.45, 2.75) is 25.3 Å². The van der Waals surface area contributed by atoms with Crippen molar-refractivity contribution < 1.29 is 22.7 Å². The second-order valence-corrected chi connectivity index (χ2v) is 8.62. The van der Waals surface area contributed by atoms with Crippen LogP contribution in [0.25, 0.3) is 0 Å². The summed E-state index contributed by atoms with van der Waals surface area (Å²) in [7, 11) is -1.34. The summed E-state index contributed by atoms with van der Waals surface area (Å²) in [6.45, 7) is 1.14. The molecule has 1 fully saturated rings. The molecule has 23 heavy (non-hydrogen) atoms. The minimum atomic E-state index is -3.03. The van der Waals surface area contributed by atoms with Crippen LogP contribution in [0.4, 0.5) is 0 Å². The summed E-state index contributed by atoms with van der Waals surface area (Å²) >= 11 is 0. The Bertz CT molecular complexity index is 754.